The summed E-state index contributed by atoms with van der Waals surface area (Å²) in [5.74, 6) is -0.328. The third-order valence-electron chi connectivity index (χ3n) is 2.70. The van der Waals surface area contributed by atoms with E-state index in [0.29, 0.717) is 25.2 Å². The smallest absolute Gasteiger partial charge is 0.129 e. The molecule has 0 amide bonds. The Bertz CT molecular complexity index is 340. The fraction of sp³-hybridized carbons (Fsp3) is 0.571. The summed E-state index contributed by atoms with van der Waals surface area (Å²) < 4.78 is 19.0. The highest BCUT2D eigenvalue weighted by atomic mass is 19.1. The summed E-state index contributed by atoms with van der Waals surface area (Å²) in [4.78, 5) is 0. The molecule has 0 bridgehead atoms. The Morgan fingerprint density at radius 1 is 1.29 bits per heavy atom. The average Bonchev–Trinajstić information content (AvgIpc) is 2.23. The second kappa shape index (κ2) is 6.72. The molecule has 1 unspecified atom stereocenters. The van der Waals surface area contributed by atoms with Crippen molar-refractivity contribution in [3.05, 3.63) is 34.6 Å². The fourth-order valence-corrected chi connectivity index (χ4v) is 1.93. The molecule has 1 aromatic carbocycles. The summed E-state index contributed by atoms with van der Waals surface area (Å²) in [5, 5.41) is 9.95. The van der Waals surface area contributed by atoms with Crippen molar-refractivity contribution in [3.63, 3.8) is 0 Å². The molecule has 3 heteroatoms. The van der Waals surface area contributed by atoms with Crippen LogP contribution in [0.15, 0.2) is 12.1 Å². The molecule has 0 radical (unpaired) electrons. The van der Waals surface area contributed by atoms with E-state index in [9.17, 15) is 9.50 Å². The lowest BCUT2D eigenvalue weighted by Gasteiger charge is -2.15. The van der Waals surface area contributed by atoms with Crippen molar-refractivity contribution < 1.29 is 14.2 Å². The van der Waals surface area contributed by atoms with Gasteiger partial charge in [-0.3, -0.25) is 0 Å². The van der Waals surface area contributed by atoms with E-state index in [-0.39, 0.29) is 5.82 Å². The maximum absolute atomic E-state index is 13.7. The van der Waals surface area contributed by atoms with Gasteiger partial charge in [0.2, 0.25) is 0 Å². The Kier molecular flexibility index (Phi) is 5.59. The lowest BCUT2D eigenvalue weighted by molar-refractivity contribution is 0.0804. The predicted octanol–water partition coefficient (Wildman–Crippen LogP) is 3.29. The number of benzene rings is 1. The van der Waals surface area contributed by atoms with Crippen LogP contribution in [0.25, 0.3) is 0 Å². The predicted molar refractivity (Wildman–Crippen MR) is 66.6 cm³/mol. The number of aliphatic hydroxyl groups excluding tert-OH is 1. The van der Waals surface area contributed by atoms with Crippen molar-refractivity contribution >= 4 is 0 Å². The second-order valence-electron chi connectivity index (χ2n) is 4.39. The van der Waals surface area contributed by atoms with Gasteiger partial charge in [-0.05, 0) is 37.5 Å². The fourth-order valence-electron chi connectivity index (χ4n) is 1.93. The highest BCUT2D eigenvalue weighted by molar-refractivity contribution is 5.33. The molecule has 1 N–H and O–H groups in total. The molecule has 1 atom stereocenters. The molecule has 17 heavy (non-hydrogen) atoms. The molecule has 0 aliphatic rings. The summed E-state index contributed by atoms with van der Waals surface area (Å²) in [6, 6.07) is 3.34. The minimum absolute atomic E-state index is 0.328. The minimum atomic E-state index is -0.785. The molecule has 0 saturated heterocycles. The average molecular weight is 240 g/mol. The van der Waals surface area contributed by atoms with E-state index in [2.05, 4.69) is 0 Å². The van der Waals surface area contributed by atoms with Gasteiger partial charge in [-0.2, -0.15) is 0 Å². The van der Waals surface area contributed by atoms with Crippen LogP contribution >= 0.6 is 0 Å². The van der Waals surface area contributed by atoms with Crippen molar-refractivity contribution in [2.45, 2.75) is 39.7 Å². The Morgan fingerprint density at radius 2 is 2.00 bits per heavy atom. The van der Waals surface area contributed by atoms with Gasteiger partial charge in [-0.15, -0.1) is 0 Å². The topological polar surface area (TPSA) is 29.5 Å². The van der Waals surface area contributed by atoms with Crippen LogP contribution in [0.4, 0.5) is 4.39 Å². The number of halogens is 1. The van der Waals surface area contributed by atoms with Crippen LogP contribution in [-0.4, -0.2) is 18.3 Å². The maximum Gasteiger partial charge on any atom is 0.129 e. The normalized spacial score (nSPS) is 12.8. The van der Waals surface area contributed by atoms with E-state index in [1.54, 1.807) is 0 Å². The van der Waals surface area contributed by atoms with Crippen molar-refractivity contribution in [1.82, 2.24) is 0 Å². The molecule has 0 saturated carbocycles. The van der Waals surface area contributed by atoms with Crippen LogP contribution in [0.1, 0.15) is 42.6 Å². The van der Waals surface area contributed by atoms with Gasteiger partial charge in [0.1, 0.15) is 5.82 Å². The number of hydrogen-bond donors (Lipinski definition) is 1. The molecular weight excluding hydrogens is 219 g/mol. The van der Waals surface area contributed by atoms with Crippen LogP contribution in [-0.2, 0) is 4.74 Å². The van der Waals surface area contributed by atoms with Crippen molar-refractivity contribution in [2.24, 2.45) is 0 Å². The minimum Gasteiger partial charge on any atom is -0.388 e. The molecule has 0 aliphatic carbocycles. The zero-order chi connectivity index (χ0) is 12.8. The van der Waals surface area contributed by atoms with Gasteiger partial charge < -0.3 is 9.84 Å². The zero-order valence-electron chi connectivity index (χ0n) is 10.8. The van der Waals surface area contributed by atoms with E-state index >= 15 is 0 Å². The first-order chi connectivity index (χ1) is 8.06. The van der Waals surface area contributed by atoms with Crippen molar-refractivity contribution in [2.75, 3.05) is 13.2 Å². The number of aryl methyl sites for hydroxylation is 2. The van der Waals surface area contributed by atoms with E-state index in [4.69, 9.17) is 4.74 Å². The first-order valence-electron chi connectivity index (χ1n) is 6.08. The largest absolute Gasteiger partial charge is 0.388 e. The molecular formula is C14H21FO2. The van der Waals surface area contributed by atoms with E-state index in [1.165, 1.54) is 6.07 Å². The SMILES string of the molecule is CCCOCCC(O)c1c(C)cc(C)cc1F. The highest BCUT2D eigenvalue weighted by Gasteiger charge is 2.15. The molecule has 1 rings (SSSR count). The van der Waals surface area contributed by atoms with E-state index < -0.39 is 6.10 Å². The van der Waals surface area contributed by atoms with Gasteiger partial charge in [-0.1, -0.05) is 13.0 Å². The van der Waals surface area contributed by atoms with Crippen LogP contribution in [0.2, 0.25) is 0 Å². The monoisotopic (exact) mass is 240 g/mol. The Labute approximate surface area is 102 Å². The number of aliphatic hydroxyl groups is 1. The molecule has 2 nitrogen and oxygen atoms in total. The maximum atomic E-state index is 13.7. The first-order valence-corrected chi connectivity index (χ1v) is 6.08. The summed E-state index contributed by atoms with van der Waals surface area (Å²) in [7, 11) is 0. The van der Waals surface area contributed by atoms with Crippen molar-refractivity contribution in [3.8, 4) is 0 Å². The third-order valence-corrected chi connectivity index (χ3v) is 2.70. The van der Waals surface area contributed by atoms with Gasteiger partial charge in [0, 0.05) is 25.2 Å². The quantitative estimate of drug-likeness (QED) is 0.773. The van der Waals surface area contributed by atoms with Gasteiger partial charge >= 0.3 is 0 Å². The summed E-state index contributed by atoms with van der Waals surface area (Å²) in [5.41, 5.74) is 2.07. The molecule has 0 aliphatic heterocycles. The number of rotatable bonds is 6. The van der Waals surface area contributed by atoms with Crippen molar-refractivity contribution in [1.29, 1.82) is 0 Å². The Hall–Kier alpha value is -0.930. The second-order valence-corrected chi connectivity index (χ2v) is 4.39. The van der Waals surface area contributed by atoms with Gasteiger partial charge in [0.25, 0.3) is 0 Å². The van der Waals surface area contributed by atoms with Crippen LogP contribution in [0.3, 0.4) is 0 Å². The van der Waals surface area contributed by atoms with E-state index in [0.717, 1.165) is 17.5 Å². The molecule has 0 heterocycles. The Balaban J connectivity index is 2.65. The lowest BCUT2D eigenvalue weighted by Crippen LogP contribution is -2.08. The Morgan fingerprint density at radius 3 is 2.59 bits per heavy atom. The van der Waals surface area contributed by atoms with Crippen LogP contribution in [0.5, 0.6) is 0 Å². The summed E-state index contributed by atoms with van der Waals surface area (Å²) >= 11 is 0. The van der Waals surface area contributed by atoms with Gasteiger partial charge in [0.15, 0.2) is 0 Å². The van der Waals surface area contributed by atoms with Gasteiger partial charge in [0.05, 0.1) is 6.10 Å². The standard InChI is InChI=1S/C14H21FO2/c1-4-6-17-7-5-13(16)14-11(3)8-10(2)9-12(14)15/h8-9,13,16H,4-7H2,1-3H3. The molecule has 0 fully saturated rings. The first kappa shape index (κ1) is 14.1. The van der Waals surface area contributed by atoms with Crippen LogP contribution < -0.4 is 0 Å². The number of hydrogen-bond acceptors (Lipinski definition) is 2. The molecule has 96 valence electrons. The summed E-state index contributed by atoms with van der Waals surface area (Å²) in [6.07, 6.45) is 0.599. The van der Waals surface area contributed by atoms with Gasteiger partial charge in [-0.25, -0.2) is 4.39 Å². The summed E-state index contributed by atoms with van der Waals surface area (Å²) in [6.45, 7) is 6.84. The van der Waals surface area contributed by atoms with E-state index in [1.807, 2.05) is 26.8 Å². The number of ether oxygens (including phenoxy) is 1. The third kappa shape index (κ3) is 4.10. The van der Waals surface area contributed by atoms with Crippen LogP contribution in [0, 0.1) is 19.7 Å². The molecule has 0 spiro atoms. The zero-order valence-corrected chi connectivity index (χ0v) is 10.8. The highest BCUT2D eigenvalue weighted by Crippen LogP contribution is 2.25. The lowest BCUT2D eigenvalue weighted by atomic mass is 9.98. The molecule has 0 aromatic heterocycles. The molecule has 1 aromatic rings.